The van der Waals surface area contributed by atoms with Gasteiger partial charge in [-0.1, -0.05) is 35.7 Å². The Morgan fingerprint density at radius 3 is 2.88 bits per heavy atom. The van der Waals surface area contributed by atoms with Gasteiger partial charge in [0, 0.05) is 22.6 Å². The van der Waals surface area contributed by atoms with Crippen molar-refractivity contribution in [3.63, 3.8) is 0 Å². The molecule has 0 bridgehead atoms. The molecule has 0 spiro atoms. The Hall–Kier alpha value is -0.440. The molecule has 1 atom stereocenters. The molecule has 0 radical (unpaired) electrons. The zero-order chi connectivity index (χ0) is 12.1. The lowest BCUT2D eigenvalue weighted by Crippen LogP contribution is -2.10. The van der Waals surface area contributed by atoms with E-state index >= 15 is 0 Å². The van der Waals surface area contributed by atoms with Gasteiger partial charge in [0.25, 0.3) is 0 Å². The second-order valence-electron chi connectivity index (χ2n) is 4.90. The third-order valence-corrected chi connectivity index (χ3v) is 4.26. The van der Waals surface area contributed by atoms with E-state index < -0.39 is 0 Å². The SMILES string of the molecule is CCCC(Br)Cc1ncnc2c1CCCCC2. The van der Waals surface area contributed by atoms with Gasteiger partial charge in [-0.15, -0.1) is 0 Å². The van der Waals surface area contributed by atoms with Gasteiger partial charge in [0.15, 0.2) is 0 Å². The first kappa shape index (κ1) is 13.0. The Balaban J connectivity index is 2.16. The summed E-state index contributed by atoms with van der Waals surface area (Å²) in [6.07, 6.45) is 11.5. The molecule has 0 aliphatic heterocycles. The first-order valence-corrected chi connectivity index (χ1v) is 7.68. The monoisotopic (exact) mass is 296 g/mol. The lowest BCUT2D eigenvalue weighted by atomic mass is 10.0. The van der Waals surface area contributed by atoms with Crippen LogP contribution in [-0.4, -0.2) is 14.8 Å². The lowest BCUT2D eigenvalue weighted by molar-refractivity contribution is 0.703. The number of nitrogens with zero attached hydrogens (tertiary/aromatic N) is 2. The van der Waals surface area contributed by atoms with Crippen LogP contribution in [0.4, 0.5) is 0 Å². The molecule has 0 saturated carbocycles. The molecule has 1 aromatic heterocycles. The highest BCUT2D eigenvalue weighted by atomic mass is 79.9. The van der Waals surface area contributed by atoms with E-state index in [2.05, 4.69) is 32.8 Å². The Bertz CT molecular complexity index is 365. The van der Waals surface area contributed by atoms with Crippen LogP contribution in [0.5, 0.6) is 0 Å². The van der Waals surface area contributed by atoms with Crippen LogP contribution in [0, 0.1) is 0 Å². The number of alkyl halides is 1. The maximum absolute atomic E-state index is 4.51. The molecule has 1 unspecified atom stereocenters. The van der Waals surface area contributed by atoms with E-state index in [9.17, 15) is 0 Å². The van der Waals surface area contributed by atoms with Crippen molar-refractivity contribution in [1.29, 1.82) is 0 Å². The summed E-state index contributed by atoms with van der Waals surface area (Å²) in [7, 11) is 0. The predicted octanol–water partition coefficient (Wildman–Crippen LogP) is 3.85. The molecule has 0 N–H and O–H groups in total. The van der Waals surface area contributed by atoms with Gasteiger partial charge in [-0.2, -0.15) is 0 Å². The molecule has 1 aliphatic carbocycles. The van der Waals surface area contributed by atoms with Crippen LogP contribution in [0.2, 0.25) is 0 Å². The van der Waals surface area contributed by atoms with Crippen LogP contribution >= 0.6 is 15.9 Å². The van der Waals surface area contributed by atoms with E-state index in [1.165, 1.54) is 55.5 Å². The molecule has 1 aliphatic rings. The fraction of sp³-hybridized carbons (Fsp3) is 0.714. The summed E-state index contributed by atoms with van der Waals surface area (Å²) >= 11 is 3.76. The molecule has 2 nitrogen and oxygen atoms in total. The van der Waals surface area contributed by atoms with E-state index in [0.717, 1.165) is 12.8 Å². The third kappa shape index (κ3) is 3.51. The van der Waals surface area contributed by atoms with Gasteiger partial charge in [0.05, 0.1) is 0 Å². The zero-order valence-corrected chi connectivity index (χ0v) is 12.2. The standard InChI is InChI=1S/C14H21BrN2/c1-2-6-11(15)9-14-12-7-4-3-5-8-13(12)16-10-17-14/h10-11H,2-9H2,1H3. The zero-order valence-electron chi connectivity index (χ0n) is 10.6. The molecule has 2 rings (SSSR count). The fourth-order valence-electron chi connectivity index (χ4n) is 2.57. The average Bonchev–Trinajstić information content (AvgIpc) is 2.55. The molecule has 3 heteroatoms. The minimum absolute atomic E-state index is 0.565. The smallest absolute Gasteiger partial charge is 0.115 e. The molecule has 1 heterocycles. The number of hydrogen-bond acceptors (Lipinski definition) is 2. The fourth-order valence-corrected chi connectivity index (χ4v) is 3.33. The number of aromatic nitrogens is 2. The van der Waals surface area contributed by atoms with Gasteiger partial charge in [0.2, 0.25) is 0 Å². The van der Waals surface area contributed by atoms with Crippen LogP contribution in [0.15, 0.2) is 6.33 Å². The van der Waals surface area contributed by atoms with E-state index in [-0.39, 0.29) is 0 Å². The summed E-state index contributed by atoms with van der Waals surface area (Å²) in [5.74, 6) is 0. The first-order valence-electron chi connectivity index (χ1n) is 6.77. The molecule has 0 saturated heterocycles. The highest BCUT2D eigenvalue weighted by Gasteiger charge is 2.16. The van der Waals surface area contributed by atoms with Crippen molar-refractivity contribution in [1.82, 2.24) is 9.97 Å². The van der Waals surface area contributed by atoms with Crippen LogP contribution in [0.3, 0.4) is 0 Å². The van der Waals surface area contributed by atoms with Gasteiger partial charge in [-0.05, 0) is 37.7 Å². The van der Waals surface area contributed by atoms with Crippen LogP contribution in [0.1, 0.15) is 56.0 Å². The quantitative estimate of drug-likeness (QED) is 0.623. The van der Waals surface area contributed by atoms with Crippen LogP contribution in [0.25, 0.3) is 0 Å². The maximum Gasteiger partial charge on any atom is 0.115 e. The molecule has 0 aromatic carbocycles. The van der Waals surface area contributed by atoms with Crippen molar-refractivity contribution in [3.05, 3.63) is 23.3 Å². The Kier molecular flexibility index (Phi) is 4.96. The van der Waals surface area contributed by atoms with Gasteiger partial charge in [0.1, 0.15) is 6.33 Å². The summed E-state index contributed by atoms with van der Waals surface area (Å²) in [6, 6.07) is 0. The average molecular weight is 297 g/mol. The molecule has 0 fully saturated rings. The Morgan fingerprint density at radius 1 is 1.24 bits per heavy atom. The normalized spacial score (nSPS) is 17.3. The highest BCUT2D eigenvalue weighted by Crippen LogP contribution is 2.23. The van der Waals surface area contributed by atoms with Crippen molar-refractivity contribution < 1.29 is 0 Å². The van der Waals surface area contributed by atoms with Crippen LogP contribution < -0.4 is 0 Å². The summed E-state index contributed by atoms with van der Waals surface area (Å²) in [5.41, 5.74) is 4.04. The minimum Gasteiger partial charge on any atom is -0.241 e. The number of fused-ring (bicyclic) bond motifs is 1. The summed E-state index contributed by atoms with van der Waals surface area (Å²) in [4.78, 5) is 9.55. The second-order valence-corrected chi connectivity index (χ2v) is 6.19. The molecule has 17 heavy (non-hydrogen) atoms. The highest BCUT2D eigenvalue weighted by molar-refractivity contribution is 9.09. The van der Waals surface area contributed by atoms with Gasteiger partial charge in [-0.25, -0.2) is 9.97 Å². The van der Waals surface area contributed by atoms with Crippen molar-refractivity contribution >= 4 is 15.9 Å². The van der Waals surface area contributed by atoms with E-state index in [1.54, 1.807) is 6.33 Å². The summed E-state index contributed by atoms with van der Waals surface area (Å²) in [6.45, 7) is 2.23. The number of aryl methyl sites for hydroxylation is 1. The number of hydrogen-bond donors (Lipinski definition) is 0. The Labute approximate surface area is 112 Å². The first-order chi connectivity index (χ1) is 8.31. The largest absolute Gasteiger partial charge is 0.241 e. The molecule has 1 aromatic rings. The van der Waals surface area contributed by atoms with Crippen molar-refractivity contribution in [3.8, 4) is 0 Å². The second kappa shape index (κ2) is 6.48. The minimum atomic E-state index is 0.565. The molecular weight excluding hydrogens is 276 g/mol. The summed E-state index contributed by atoms with van der Waals surface area (Å²) < 4.78 is 0. The number of rotatable bonds is 4. The van der Waals surface area contributed by atoms with E-state index in [4.69, 9.17) is 0 Å². The molecule has 0 amide bonds. The molecular formula is C14H21BrN2. The van der Waals surface area contributed by atoms with Crippen molar-refractivity contribution in [2.45, 2.75) is 63.1 Å². The van der Waals surface area contributed by atoms with Crippen LogP contribution in [-0.2, 0) is 19.3 Å². The predicted molar refractivity (Wildman–Crippen MR) is 74.6 cm³/mol. The van der Waals surface area contributed by atoms with Crippen molar-refractivity contribution in [2.24, 2.45) is 0 Å². The van der Waals surface area contributed by atoms with E-state index in [1.807, 2.05) is 0 Å². The van der Waals surface area contributed by atoms with E-state index in [0.29, 0.717) is 4.83 Å². The summed E-state index contributed by atoms with van der Waals surface area (Å²) in [5, 5.41) is 0. The third-order valence-electron chi connectivity index (χ3n) is 3.48. The van der Waals surface area contributed by atoms with Gasteiger partial charge < -0.3 is 0 Å². The van der Waals surface area contributed by atoms with Crippen molar-refractivity contribution in [2.75, 3.05) is 0 Å². The van der Waals surface area contributed by atoms with Gasteiger partial charge >= 0.3 is 0 Å². The maximum atomic E-state index is 4.51. The Morgan fingerprint density at radius 2 is 2.06 bits per heavy atom. The van der Waals surface area contributed by atoms with Gasteiger partial charge in [-0.3, -0.25) is 0 Å². The lowest BCUT2D eigenvalue weighted by Gasteiger charge is -2.13. The molecule has 94 valence electrons. The topological polar surface area (TPSA) is 25.8 Å². The number of halogens is 1.